The summed E-state index contributed by atoms with van der Waals surface area (Å²) in [4.78, 5) is 14.3. The maximum atomic E-state index is 10.7. The number of rotatable bonds is 3. The third kappa shape index (κ3) is 4.15. The van der Waals surface area contributed by atoms with E-state index in [0.717, 1.165) is 0 Å². The highest BCUT2D eigenvalue weighted by molar-refractivity contribution is 5.82. The maximum absolute atomic E-state index is 10.7. The van der Waals surface area contributed by atoms with E-state index in [9.17, 15) is 4.79 Å². The molecule has 0 aromatic carbocycles. The van der Waals surface area contributed by atoms with Gasteiger partial charge in [-0.25, -0.2) is 0 Å². The van der Waals surface area contributed by atoms with Gasteiger partial charge in [-0.3, -0.25) is 9.79 Å². The molecule has 1 amide bonds. The van der Waals surface area contributed by atoms with Crippen LogP contribution in [0.1, 0.15) is 0 Å². The minimum absolute atomic E-state index is 0.0654. The summed E-state index contributed by atoms with van der Waals surface area (Å²) in [7, 11) is 1.50. The Labute approximate surface area is 64.8 Å². The van der Waals surface area contributed by atoms with E-state index in [1.807, 2.05) is 0 Å². The molecule has 0 aromatic rings. The highest BCUT2D eigenvalue weighted by atomic mass is 16.2. The number of carbonyl (C=O) groups is 1. The van der Waals surface area contributed by atoms with Crippen LogP contribution in [0.3, 0.4) is 0 Å². The summed E-state index contributed by atoms with van der Waals surface area (Å²) in [5.41, 5.74) is 15.4. The molecule has 11 heavy (non-hydrogen) atoms. The predicted molar refractivity (Wildman–Crippen MR) is 42.7 cm³/mol. The number of guanidine groups is 1. The third-order valence-corrected chi connectivity index (χ3v) is 1.05. The van der Waals surface area contributed by atoms with Crippen molar-refractivity contribution < 1.29 is 4.79 Å². The standard InChI is InChI=1S/C5H13N5O/c1-9-4(11)3(6)2-10-5(7)8/h3H,2,6H2,1H3,(H,9,11)(H4,7,8,10)/t3-/m0/s1. The van der Waals surface area contributed by atoms with Gasteiger partial charge in [0, 0.05) is 7.05 Å². The van der Waals surface area contributed by atoms with Crippen LogP contribution in [0.2, 0.25) is 0 Å². The van der Waals surface area contributed by atoms with Crippen LogP contribution < -0.4 is 22.5 Å². The summed E-state index contributed by atoms with van der Waals surface area (Å²) in [5.74, 6) is -0.348. The minimum atomic E-state index is -0.679. The van der Waals surface area contributed by atoms with Gasteiger partial charge in [-0.1, -0.05) is 0 Å². The van der Waals surface area contributed by atoms with E-state index in [-0.39, 0.29) is 18.4 Å². The smallest absolute Gasteiger partial charge is 0.238 e. The number of hydrogen-bond acceptors (Lipinski definition) is 3. The molecule has 0 aliphatic rings. The first kappa shape index (κ1) is 9.70. The van der Waals surface area contributed by atoms with Gasteiger partial charge in [0.25, 0.3) is 0 Å². The molecule has 0 aliphatic carbocycles. The molecule has 1 atom stereocenters. The van der Waals surface area contributed by atoms with Crippen LogP contribution >= 0.6 is 0 Å². The number of likely N-dealkylation sites (N-methyl/N-ethyl adjacent to an activating group) is 1. The number of nitrogens with zero attached hydrogens (tertiary/aromatic N) is 1. The number of nitrogens with two attached hydrogens (primary N) is 3. The van der Waals surface area contributed by atoms with Crippen LogP contribution in [0, 0.1) is 0 Å². The average Bonchev–Trinajstić information content (AvgIpc) is 1.98. The fourth-order valence-electron chi connectivity index (χ4n) is 0.472. The highest BCUT2D eigenvalue weighted by Crippen LogP contribution is 1.79. The van der Waals surface area contributed by atoms with E-state index in [4.69, 9.17) is 17.2 Å². The van der Waals surface area contributed by atoms with Crippen LogP contribution in [0.4, 0.5) is 0 Å². The number of nitrogens with one attached hydrogen (secondary N) is 1. The second kappa shape index (κ2) is 4.51. The fraction of sp³-hybridized carbons (Fsp3) is 0.600. The average molecular weight is 159 g/mol. The van der Waals surface area contributed by atoms with Crippen molar-refractivity contribution in [2.45, 2.75) is 6.04 Å². The van der Waals surface area contributed by atoms with Gasteiger partial charge < -0.3 is 22.5 Å². The van der Waals surface area contributed by atoms with Crippen molar-refractivity contribution in [2.24, 2.45) is 22.2 Å². The van der Waals surface area contributed by atoms with Crippen molar-refractivity contribution in [1.82, 2.24) is 5.32 Å². The summed E-state index contributed by atoms with van der Waals surface area (Å²) in [6, 6.07) is -0.679. The lowest BCUT2D eigenvalue weighted by atomic mass is 10.3. The van der Waals surface area contributed by atoms with Crippen LogP contribution in [-0.4, -0.2) is 31.5 Å². The van der Waals surface area contributed by atoms with E-state index in [0.29, 0.717) is 0 Å². The van der Waals surface area contributed by atoms with E-state index in [1.165, 1.54) is 7.05 Å². The molecule has 0 saturated carbocycles. The van der Waals surface area contributed by atoms with Crippen molar-refractivity contribution in [3.8, 4) is 0 Å². The molecule has 0 radical (unpaired) electrons. The Morgan fingerprint density at radius 3 is 2.55 bits per heavy atom. The minimum Gasteiger partial charge on any atom is -0.370 e. The van der Waals surface area contributed by atoms with Crippen molar-refractivity contribution >= 4 is 11.9 Å². The Hall–Kier alpha value is -1.30. The Kier molecular flexibility index (Phi) is 3.97. The number of carbonyl (C=O) groups excluding carboxylic acids is 1. The summed E-state index contributed by atoms with van der Waals surface area (Å²) in [6.45, 7) is 0.113. The first-order chi connectivity index (χ1) is 5.07. The molecule has 0 fully saturated rings. The number of aliphatic imine (C=N–C) groups is 1. The maximum Gasteiger partial charge on any atom is 0.238 e. The first-order valence-corrected chi connectivity index (χ1v) is 3.10. The number of hydrogen-bond donors (Lipinski definition) is 4. The van der Waals surface area contributed by atoms with Crippen LogP contribution in [0.15, 0.2) is 4.99 Å². The Balaban J connectivity index is 3.78. The van der Waals surface area contributed by atoms with E-state index >= 15 is 0 Å². The van der Waals surface area contributed by atoms with Gasteiger partial charge in [-0.05, 0) is 0 Å². The predicted octanol–water partition coefficient (Wildman–Crippen LogP) is -2.67. The molecule has 6 heteroatoms. The molecule has 6 nitrogen and oxygen atoms in total. The van der Waals surface area contributed by atoms with E-state index < -0.39 is 6.04 Å². The second-order valence-electron chi connectivity index (χ2n) is 1.99. The quantitative estimate of drug-likeness (QED) is 0.265. The fourth-order valence-corrected chi connectivity index (χ4v) is 0.472. The number of amides is 1. The van der Waals surface area contributed by atoms with Crippen LogP contribution in [-0.2, 0) is 4.79 Å². The zero-order valence-corrected chi connectivity index (χ0v) is 6.37. The molecule has 0 aromatic heterocycles. The molecule has 64 valence electrons. The zero-order valence-electron chi connectivity index (χ0n) is 6.37. The Bertz CT molecular complexity index is 162. The van der Waals surface area contributed by atoms with Gasteiger partial charge in [0.2, 0.25) is 5.91 Å². The molecule has 0 rings (SSSR count). The van der Waals surface area contributed by atoms with Crippen molar-refractivity contribution in [3.05, 3.63) is 0 Å². The Morgan fingerprint density at radius 2 is 2.18 bits per heavy atom. The summed E-state index contributed by atoms with van der Waals surface area (Å²) in [6.07, 6.45) is 0. The van der Waals surface area contributed by atoms with Gasteiger partial charge in [0.15, 0.2) is 5.96 Å². The van der Waals surface area contributed by atoms with Crippen molar-refractivity contribution in [3.63, 3.8) is 0 Å². The molecule has 0 bridgehead atoms. The third-order valence-electron chi connectivity index (χ3n) is 1.05. The lowest BCUT2D eigenvalue weighted by Gasteiger charge is -2.05. The monoisotopic (exact) mass is 159 g/mol. The highest BCUT2D eigenvalue weighted by Gasteiger charge is 2.09. The lowest BCUT2D eigenvalue weighted by molar-refractivity contribution is -0.121. The largest absolute Gasteiger partial charge is 0.370 e. The zero-order chi connectivity index (χ0) is 8.85. The topological polar surface area (TPSA) is 120 Å². The summed E-state index contributed by atoms with van der Waals surface area (Å²) in [5, 5.41) is 2.37. The lowest BCUT2D eigenvalue weighted by Crippen LogP contribution is -2.41. The SMILES string of the molecule is CNC(=O)[C@@H](N)CN=C(N)N. The van der Waals surface area contributed by atoms with Gasteiger partial charge in [0.05, 0.1) is 6.54 Å². The first-order valence-electron chi connectivity index (χ1n) is 3.10. The van der Waals surface area contributed by atoms with Crippen molar-refractivity contribution in [1.29, 1.82) is 0 Å². The molecule has 7 N–H and O–H groups in total. The van der Waals surface area contributed by atoms with Gasteiger partial charge in [-0.2, -0.15) is 0 Å². The molecular weight excluding hydrogens is 146 g/mol. The van der Waals surface area contributed by atoms with Gasteiger partial charge in [0.1, 0.15) is 6.04 Å². The molecule has 0 heterocycles. The summed E-state index contributed by atoms with van der Waals surface area (Å²) >= 11 is 0. The molecule has 0 saturated heterocycles. The van der Waals surface area contributed by atoms with E-state index in [1.54, 1.807) is 0 Å². The van der Waals surface area contributed by atoms with Gasteiger partial charge >= 0.3 is 0 Å². The van der Waals surface area contributed by atoms with E-state index in [2.05, 4.69) is 10.3 Å². The molecule has 0 spiro atoms. The molecule has 0 unspecified atom stereocenters. The van der Waals surface area contributed by atoms with Crippen LogP contribution in [0.5, 0.6) is 0 Å². The molecule has 0 aliphatic heterocycles. The van der Waals surface area contributed by atoms with Crippen molar-refractivity contribution in [2.75, 3.05) is 13.6 Å². The second-order valence-corrected chi connectivity index (χ2v) is 1.99. The van der Waals surface area contributed by atoms with Gasteiger partial charge in [-0.15, -0.1) is 0 Å². The Morgan fingerprint density at radius 1 is 1.64 bits per heavy atom. The molecular formula is C5H13N5O. The van der Waals surface area contributed by atoms with Crippen LogP contribution in [0.25, 0.3) is 0 Å². The normalized spacial score (nSPS) is 11.8. The summed E-state index contributed by atoms with van der Waals surface area (Å²) < 4.78 is 0.